The minimum Gasteiger partial charge on any atom is -0.372 e. The normalized spacial score (nSPS) is 21.6. The number of nitrogens with one attached hydrogen (secondary N) is 2. The van der Waals surface area contributed by atoms with Crippen LogP contribution in [0, 0.1) is 0 Å². The molecule has 0 aliphatic carbocycles. The zero-order valence-electron chi connectivity index (χ0n) is 10.6. The third-order valence-corrected chi connectivity index (χ3v) is 4.77. The Morgan fingerprint density at radius 2 is 2.16 bits per heavy atom. The summed E-state index contributed by atoms with van der Waals surface area (Å²) in [6.07, 6.45) is 1.25. The van der Waals surface area contributed by atoms with Gasteiger partial charge in [-0.1, -0.05) is 0 Å². The van der Waals surface area contributed by atoms with Crippen LogP contribution in [0.5, 0.6) is 0 Å². The number of nitrogens with zero attached hydrogens (tertiary/aromatic N) is 2. The van der Waals surface area contributed by atoms with E-state index in [4.69, 9.17) is 0 Å². The molecule has 1 saturated heterocycles. The molecule has 0 aromatic carbocycles. The van der Waals surface area contributed by atoms with Gasteiger partial charge in [0, 0.05) is 13.1 Å². The third-order valence-electron chi connectivity index (χ3n) is 2.95. The van der Waals surface area contributed by atoms with Crippen LogP contribution in [-0.2, 0) is 9.84 Å². The number of amides is 1. The fraction of sp³-hybridized carbons (Fsp3) is 0.545. The van der Waals surface area contributed by atoms with Crippen LogP contribution in [0.4, 0.5) is 5.82 Å². The first kappa shape index (κ1) is 13.7. The van der Waals surface area contributed by atoms with Crippen molar-refractivity contribution in [2.24, 2.45) is 0 Å². The smallest absolute Gasteiger partial charge is 0.272 e. The van der Waals surface area contributed by atoms with Gasteiger partial charge in [-0.05, 0) is 25.0 Å². The lowest BCUT2D eigenvalue weighted by molar-refractivity contribution is 0.0932. The molecule has 1 aromatic rings. The van der Waals surface area contributed by atoms with E-state index in [0.717, 1.165) is 0 Å². The van der Waals surface area contributed by atoms with Gasteiger partial charge in [-0.2, -0.15) is 0 Å². The van der Waals surface area contributed by atoms with Crippen LogP contribution in [-0.4, -0.2) is 49.1 Å². The molecule has 8 heteroatoms. The Morgan fingerprint density at radius 3 is 2.74 bits per heavy atom. The number of carbonyl (C=O) groups excluding carboxylic acids is 1. The van der Waals surface area contributed by atoms with Crippen molar-refractivity contribution in [2.45, 2.75) is 18.9 Å². The summed E-state index contributed by atoms with van der Waals surface area (Å²) in [5, 5.41) is 13.1. The molecule has 2 heterocycles. The van der Waals surface area contributed by atoms with Gasteiger partial charge < -0.3 is 10.6 Å². The van der Waals surface area contributed by atoms with Crippen LogP contribution in [0.3, 0.4) is 0 Å². The summed E-state index contributed by atoms with van der Waals surface area (Å²) in [5.74, 6) is 0.380. The molecule has 1 unspecified atom stereocenters. The Bertz CT molecular complexity index is 556. The monoisotopic (exact) mass is 284 g/mol. The predicted molar refractivity (Wildman–Crippen MR) is 70.7 cm³/mol. The molecule has 2 N–H and O–H groups in total. The van der Waals surface area contributed by atoms with Crippen molar-refractivity contribution >= 4 is 21.6 Å². The maximum absolute atomic E-state index is 11.9. The topological polar surface area (TPSA) is 101 Å². The summed E-state index contributed by atoms with van der Waals surface area (Å²) in [4.78, 5) is 11.9. The number of aromatic nitrogens is 2. The van der Waals surface area contributed by atoms with Gasteiger partial charge in [0.2, 0.25) is 0 Å². The van der Waals surface area contributed by atoms with Crippen molar-refractivity contribution in [2.75, 3.05) is 23.9 Å². The lowest BCUT2D eigenvalue weighted by Crippen LogP contribution is -2.43. The van der Waals surface area contributed by atoms with E-state index >= 15 is 0 Å². The third kappa shape index (κ3) is 3.63. The molecule has 1 aliphatic rings. The fourth-order valence-corrected chi connectivity index (χ4v) is 3.62. The van der Waals surface area contributed by atoms with E-state index in [0.29, 0.717) is 18.7 Å². The number of carbonyl (C=O) groups is 1. The van der Waals surface area contributed by atoms with Gasteiger partial charge in [0.25, 0.3) is 5.91 Å². The average molecular weight is 284 g/mol. The maximum Gasteiger partial charge on any atom is 0.272 e. The molecule has 1 atom stereocenters. The molecule has 1 aliphatic heterocycles. The number of anilines is 1. The van der Waals surface area contributed by atoms with Gasteiger partial charge in [-0.25, -0.2) is 8.42 Å². The van der Waals surface area contributed by atoms with E-state index in [-0.39, 0.29) is 23.2 Å². The molecule has 1 fully saturated rings. The fourth-order valence-electron chi connectivity index (χ4n) is 1.98. The minimum atomic E-state index is -3.03. The summed E-state index contributed by atoms with van der Waals surface area (Å²) in [7, 11) is -1.33. The Morgan fingerprint density at radius 1 is 1.37 bits per heavy atom. The first-order chi connectivity index (χ1) is 9.00. The molecular weight excluding hydrogens is 268 g/mol. The lowest BCUT2D eigenvalue weighted by Gasteiger charge is -2.22. The van der Waals surface area contributed by atoms with Crippen LogP contribution in [0.25, 0.3) is 0 Å². The first-order valence-corrected chi connectivity index (χ1v) is 7.85. The molecule has 0 radical (unpaired) electrons. The van der Waals surface area contributed by atoms with Gasteiger partial charge >= 0.3 is 0 Å². The number of sulfone groups is 1. The van der Waals surface area contributed by atoms with E-state index in [9.17, 15) is 13.2 Å². The summed E-state index contributed by atoms with van der Waals surface area (Å²) in [6.45, 7) is 0. The molecule has 1 aromatic heterocycles. The predicted octanol–water partition coefficient (Wildman–Crippen LogP) is -0.175. The SMILES string of the molecule is CNc1ccc(C(=O)NC2CCCS(=O)(=O)C2)nn1. The van der Waals surface area contributed by atoms with Gasteiger partial charge in [0.15, 0.2) is 15.5 Å². The van der Waals surface area contributed by atoms with E-state index in [1.807, 2.05) is 0 Å². The Kier molecular flexibility index (Phi) is 3.98. The van der Waals surface area contributed by atoms with E-state index < -0.39 is 15.7 Å². The number of rotatable bonds is 3. The molecule has 19 heavy (non-hydrogen) atoms. The van der Waals surface area contributed by atoms with Gasteiger partial charge in [0.05, 0.1) is 11.5 Å². The largest absolute Gasteiger partial charge is 0.372 e. The van der Waals surface area contributed by atoms with Crippen molar-refractivity contribution in [3.63, 3.8) is 0 Å². The second-order valence-corrected chi connectivity index (χ2v) is 6.71. The van der Waals surface area contributed by atoms with E-state index in [1.165, 1.54) is 0 Å². The zero-order valence-corrected chi connectivity index (χ0v) is 11.4. The standard InChI is InChI=1S/C11H16N4O3S/c1-12-10-5-4-9(14-15-10)11(16)13-8-3-2-6-19(17,18)7-8/h4-5,8H,2-3,6-7H2,1H3,(H,12,15)(H,13,16). The molecule has 0 spiro atoms. The highest BCUT2D eigenvalue weighted by Crippen LogP contribution is 2.12. The number of hydrogen-bond donors (Lipinski definition) is 2. The highest BCUT2D eigenvalue weighted by Gasteiger charge is 2.26. The van der Waals surface area contributed by atoms with Crippen LogP contribution < -0.4 is 10.6 Å². The second kappa shape index (κ2) is 5.52. The second-order valence-electron chi connectivity index (χ2n) is 4.48. The van der Waals surface area contributed by atoms with Gasteiger partial charge in [-0.3, -0.25) is 4.79 Å². The Labute approximate surface area is 111 Å². The molecule has 0 saturated carbocycles. The maximum atomic E-state index is 11.9. The van der Waals surface area contributed by atoms with Crippen LogP contribution in [0.1, 0.15) is 23.3 Å². The van der Waals surface area contributed by atoms with Crippen LogP contribution in [0.15, 0.2) is 12.1 Å². The zero-order chi connectivity index (χ0) is 13.9. The van der Waals surface area contributed by atoms with Crippen molar-refractivity contribution in [3.05, 3.63) is 17.8 Å². The summed E-state index contributed by atoms with van der Waals surface area (Å²) in [5.41, 5.74) is 0.182. The van der Waals surface area contributed by atoms with E-state index in [2.05, 4.69) is 20.8 Å². The Hall–Kier alpha value is -1.70. The van der Waals surface area contributed by atoms with Crippen molar-refractivity contribution < 1.29 is 13.2 Å². The van der Waals surface area contributed by atoms with Crippen molar-refractivity contribution in [1.29, 1.82) is 0 Å². The molecule has 0 bridgehead atoms. The highest BCUT2D eigenvalue weighted by molar-refractivity contribution is 7.91. The average Bonchev–Trinajstić information content (AvgIpc) is 2.37. The summed E-state index contributed by atoms with van der Waals surface area (Å²) < 4.78 is 22.9. The summed E-state index contributed by atoms with van der Waals surface area (Å²) >= 11 is 0. The van der Waals surface area contributed by atoms with Gasteiger partial charge in [0.1, 0.15) is 5.82 Å². The molecule has 104 valence electrons. The lowest BCUT2D eigenvalue weighted by atomic mass is 10.2. The Balaban J connectivity index is 2.00. The van der Waals surface area contributed by atoms with Gasteiger partial charge in [-0.15, -0.1) is 10.2 Å². The van der Waals surface area contributed by atoms with E-state index in [1.54, 1.807) is 19.2 Å². The minimum absolute atomic E-state index is 0.000762. The first-order valence-electron chi connectivity index (χ1n) is 6.03. The van der Waals surface area contributed by atoms with Crippen LogP contribution >= 0.6 is 0 Å². The quantitative estimate of drug-likeness (QED) is 0.799. The van der Waals surface area contributed by atoms with Crippen molar-refractivity contribution in [1.82, 2.24) is 15.5 Å². The molecule has 2 rings (SSSR count). The highest BCUT2D eigenvalue weighted by atomic mass is 32.2. The number of hydrogen-bond acceptors (Lipinski definition) is 6. The summed E-state index contributed by atoms with van der Waals surface area (Å²) in [6, 6.07) is 2.85. The molecular formula is C11H16N4O3S. The molecule has 1 amide bonds. The van der Waals surface area contributed by atoms with Crippen LogP contribution in [0.2, 0.25) is 0 Å². The van der Waals surface area contributed by atoms with Crippen molar-refractivity contribution in [3.8, 4) is 0 Å². The molecule has 7 nitrogen and oxygen atoms in total.